The molecule has 0 fully saturated rings. The Labute approximate surface area is 101 Å². The number of hydrogen-bond donors (Lipinski definition) is 1. The standard InChI is InChI=1S/C13H17N3O/c1-9(2)16-8-11(7-15-16)17-13-6-10(3)4-5-12(13)14/h4-9H,14H2,1-3H3. The number of aromatic nitrogens is 2. The molecule has 0 spiro atoms. The van der Waals surface area contributed by atoms with Gasteiger partial charge in [0.05, 0.1) is 18.1 Å². The van der Waals surface area contributed by atoms with Gasteiger partial charge in [0.25, 0.3) is 0 Å². The molecule has 0 amide bonds. The minimum atomic E-state index is 0.321. The van der Waals surface area contributed by atoms with Crippen LogP contribution >= 0.6 is 0 Å². The number of aryl methyl sites for hydroxylation is 1. The highest BCUT2D eigenvalue weighted by molar-refractivity contribution is 5.55. The highest BCUT2D eigenvalue weighted by atomic mass is 16.5. The molecule has 1 aromatic carbocycles. The molecule has 2 rings (SSSR count). The van der Waals surface area contributed by atoms with Crippen molar-refractivity contribution in [3.05, 3.63) is 36.2 Å². The summed E-state index contributed by atoms with van der Waals surface area (Å²) >= 11 is 0. The summed E-state index contributed by atoms with van der Waals surface area (Å²) in [4.78, 5) is 0. The number of benzene rings is 1. The van der Waals surface area contributed by atoms with E-state index in [9.17, 15) is 0 Å². The summed E-state index contributed by atoms with van der Waals surface area (Å²) in [6.07, 6.45) is 3.56. The molecule has 4 heteroatoms. The monoisotopic (exact) mass is 231 g/mol. The highest BCUT2D eigenvalue weighted by Crippen LogP contribution is 2.28. The maximum absolute atomic E-state index is 5.85. The lowest BCUT2D eigenvalue weighted by Gasteiger charge is -2.07. The van der Waals surface area contributed by atoms with Crippen molar-refractivity contribution < 1.29 is 4.74 Å². The summed E-state index contributed by atoms with van der Waals surface area (Å²) in [6, 6.07) is 6.04. The fraction of sp³-hybridized carbons (Fsp3) is 0.308. The van der Waals surface area contributed by atoms with Gasteiger partial charge in [-0.3, -0.25) is 4.68 Å². The molecule has 2 N–H and O–H groups in total. The molecule has 0 radical (unpaired) electrons. The Balaban J connectivity index is 2.22. The van der Waals surface area contributed by atoms with E-state index in [0.29, 0.717) is 23.2 Å². The zero-order valence-electron chi connectivity index (χ0n) is 10.3. The number of rotatable bonds is 3. The van der Waals surface area contributed by atoms with Gasteiger partial charge >= 0.3 is 0 Å². The van der Waals surface area contributed by atoms with Crippen LogP contribution in [0.25, 0.3) is 0 Å². The van der Waals surface area contributed by atoms with Gasteiger partial charge in [-0.25, -0.2) is 0 Å². The van der Waals surface area contributed by atoms with Crippen LogP contribution in [-0.4, -0.2) is 9.78 Å². The molecule has 0 aliphatic carbocycles. The molecular formula is C13H17N3O. The molecule has 4 nitrogen and oxygen atoms in total. The van der Waals surface area contributed by atoms with Crippen LogP contribution < -0.4 is 10.5 Å². The molecule has 2 aromatic rings. The van der Waals surface area contributed by atoms with Crippen LogP contribution in [0.3, 0.4) is 0 Å². The maximum atomic E-state index is 5.85. The van der Waals surface area contributed by atoms with Crippen molar-refractivity contribution >= 4 is 5.69 Å². The summed E-state index contributed by atoms with van der Waals surface area (Å²) in [7, 11) is 0. The van der Waals surface area contributed by atoms with Crippen LogP contribution in [0.1, 0.15) is 25.5 Å². The van der Waals surface area contributed by atoms with E-state index in [-0.39, 0.29) is 0 Å². The third-order valence-corrected chi connectivity index (χ3v) is 2.50. The molecule has 0 aliphatic heterocycles. The van der Waals surface area contributed by atoms with Crippen LogP contribution in [0, 0.1) is 6.92 Å². The van der Waals surface area contributed by atoms with Crippen molar-refractivity contribution in [2.75, 3.05) is 5.73 Å². The molecule has 0 atom stereocenters. The number of ether oxygens (including phenoxy) is 1. The van der Waals surface area contributed by atoms with E-state index < -0.39 is 0 Å². The molecule has 17 heavy (non-hydrogen) atoms. The van der Waals surface area contributed by atoms with Gasteiger partial charge in [-0.05, 0) is 38.5 Å². The number of nitrogen functional groups attached to an aromatic ring is 1. The lowest BCUT2D eigenvalue weighted by atomic mass is 10.2. The van der Waals surface area contributed by atoms with Crippen LogP contribution in [0.2, 0.25) is 0 Å². The first-order chi connectivity index (χ1) is 8.06. The van der Waals surface area contributed by atoms with Crippen LogP contribution in [0.4, 0.5) is 5.69 Å². The zero-order valence-corrected chi connectivity index (χ0v) is 10.3. The van der Waals surface area contributed by atoms with E-state index in [0.717, 1.165) is 5.56 Å². The summed E-state index contributed by atoms with van der Waals surface area (Å²) in [6.45, 7) is 6.14. The Morgan fingerprint density at radius 1 is 1.35 bits per heavy atom. The van der Waals surface area contributed by atoms with Gasteiger partial charge in [-0.15, -0.1) is 0 Å². The fourth-order valence-corrected chi connectivity index (χ4v) is 1.51. The van der Waals surface area contributed by atoms with Gasteiger partial charge in [0.15, 0.2) is 11.5 Å². The molecule has 0 bridgehead atoms. The lowest BCUT2D eigenvalue weighted by molar-refractivity contribution is 0.479. The molecular weight excluding hydrogens is 214 g/mol. The Hall–Kier alpha value is -1.97. The predicted octanol–water partition coefficient (Wildman–Crippen LogP) is 3.15. The second-order valence-electron chi connectivity index (χ2n) is 4.39. The van der Waals surface area contributed by atoms with Crippen LogP contribution in [-0.2, 0) is 0 Å². The normalized spacial score (nSPS) is 10.8. The maximum Gasteiger partial charge on any atom is 0.165 e. The fourth-order valence-electron chi connectivity index (χ4n) is 1.51. The Kier molecular flexibility index (Phi) is 3.04. The van der Waals surface area contributed by atoms with E-state index in [1.165, 1.54) is 0 Å². The number of nitrogens with zero attached hydrogens (tertiary/aromatic N) is 2. The summed E-state index contributed by atoms with van der Waals surface area (Å²) < 4.78 is 7.56. The molecule has 90 valence electrons. The molecule has 1 heterocycles. The van der Waals surface area contributed by atoms with Gasteiger partial charge in [0, 0.05) is 6.04 Å². The average molecular weight is 231 g/mol. The predicted molar refractivity (Wildman–Crippen MR) is 68.3 cm³/mol. The topological polar surface area (TPSA) is 53.1 Å². The zero-order chi connectivity index (χ0) is 12.4. The molecule has 0 saturated carbocycles. The average Bonchev–Trinajstić information content (AvgIpc) is 2.72. The van der Waals surface area contributed by atoms with Gasteiger partial charge in [-0.2, -0.15) is 5.10 Å². The van der Waals surface area contributed by atoms with Gasteiger partial charge in [0.2, 0.25) is 0 Å². The Morgan fingerprint density at radius 2 is 2.12 bits per heavy atom. The molecule has 0 saturated heterocycles. The Morgan fingerprint density at radius 3 is 2.76 bits per heavy atom. The van der Waals surface area contributed by atoms with E-state index in [4.69, 9.17) is 10.5 Å². The minimum Gasteiger partial charge on any atom is -0.452 e. The van der Waals surface area contributed by atoms with E-state index in [1.54, 1.807) is 6.20 Å². The van der Waals surface area contributed by atoms with Gasteiger partial charge < -0.3 is 10.5 Å². The second-order valence-corrected chi connectivity index (χ2v) is 4.39. The van der Waals surface area contributed by atoms with Crippen molar-refractivity contribution in [1.82, 2.24) is 9.78 Å². The van der Waals surface area contributed by atoms with Crippen molar-refractivity contribution in [1.29, 1.82) is 0 Å². The minimum absolute atomic E-state index is 0.321. The lowest BCUT2D eigenvalue weighted by Crippen LogP contribution is -1.99. The summed E-state index contributed by atoms with van der Waals surface area (Å²) in [5.74, 6) is 1.38. The largest absolute Gasteiger partial charge is 0.452 e. The number of nitrogens with two attached hydrogens (primary N) is 1. The second kappa shape index (κ2) is 4.49. The van der Waals surface area contributed by atoms with Crippen molar-refractivity contribution in [3.8, 4) is 11.5 Å². The smallest absolute Gasteiger partial charge is 0.165 e. The Bertz CT molecular complexity index is 517. The van der Waals surface area contributed by atoms with Crippen molar-refractivity contribution in [3.63, 3.8) is 0 Å². The third-order valence-electron chi connectivity index (χ3n) is 2.50. The summed E-state index contributed by atoms with van der Waals surface area (Å²) in [5, 5.41) is 4.21. The SMILES string of the molecule is Cc1ccc(N)c(Oc2cnn(C(C)C)c2)c1. The molecule has 0 aliphatic rings. The van der Waals surface area contributed by atoms with E-state index in [1.807, 2.05) is 36.0 Å². The van der Waals surface area contributed by atoms with Gasteiger partial charge in [0.1, 0.15) is 0 Å². The number of anilines is 1. The number of hydrogen-bond acceptors (Lipinski definition) is 3. The first kappa shape index (κ1) is 11.5. The third kappa shape index (κ3) is 2.58. The van der Waals surface area contributed by atoms with Crippen LogP contribution in [0.5, 0.6) is 11.5 Å². The van der Waals surface area contributed by atoms with Crippen molar-refractivity contribution in [2.45, 2.75) is 26.8 Å². The van der Waals surface area contributed by atoms with E-state index in [2.05, 4.69) is 18.9 Å². The van der Waals surface area contributed by atoms with Crippen molar-refractivity contribution in [2.24, 2.45) is 0 Å². The molecule has 0 unspecified atom stereocenters. The first-order valence-corrected chi connectivity index (χ1v) is 5.64. The quantitative estimate of drug-likeness (QED) is 0.825. The summed E-state index contributed by atoms with van der Waals surface area (Å²) in [5.41, 5.74) is 7.60. The molecule has 1 aromatic heterocycles. The first-order valence-electron chi connectivity index (χ1n) is 5.64. The van der Waals surface area contributed by atoms with E-state index >= 15 is 0 Å². The highest BCUT2D eigenvalue weighted by Gasteiger charge is 2.06. The van der Waals surface area contributed by atoms with Gasteiger partial charge in [-0.1, -0.05) is 6.07 Å². The van der Waals surface area contributed by atoms with Crippen LogP contribution in [0.15, 0.2) is 30.6 Å².